The van der Waals surface area contributed by atoms with Crippen LogP contribution in [-0.4, -0.2) is 5.88 Å². The highest BCUT2D eigenvalue weighted by atomic mass is 35.5. The molecule has 0 aromatic heterocycles. The fourth-order valence-corrected chi connectivity index (χ4v) is 2.17. The summed E-state index contributed by atoms with van der Waals surface area (Å²) in [5.74, 6) is 1.52. The van der Waals surface area contributed by atoms with Crippen molar-refractivity contribution < 1.29 is 0 Å². The summed E-state index contributed by atoms with van der Waals surface area (Å²) < 4.78 is 0. The first-order valence-electron chi connectivity index (χ1n) is 4.53. The normalized spacial score (nSPS) is 21.9. The maximum atomic E-state index is 5.85. The second-order valence-electron chi connectivity index (χ2n) is 3.53. The first-order valence-corrected chi connectivity index (χ1v) is 5.06. The maximum Gasteiger partial charge on any atom is 0.0255 e. The Morgan fingerprint density at radius 1 is 1.25 bits per heavy atom. The Hall–Kier alpha value is -0.490. The van der Waals surface area contributed by atoms with Crippen molar-refractivity contribution in [1.82, 2.24) is 0 Å². The highest BCUT2D eigenvalue weighted by molar-refractivity contribution is 6.18. The maximum absolute atomic E-state index is 5.85. The van der Waals surface area contributed by atoms with E-state index in [-0.39, 0.29) is 0 Å². The zero-order valence-corrected chi connectivity index (χ0v) is 7.85. The van der Waals surface area contributed by atoms with Gasteiger partial charge in [0, 0.05) is 5.88 Å². The third-order valence-electron chi connectivity index (χ3n) is 2.67. The zero-order chi connectivity index (χ0) is 8.39. The zero-order valence-electron chi connectivity index (χ0n) is 7.09. The van der Waals surface area contributed by atoms with E-state index in [0.717, 1.165) is 5.88 Å². The van der Waals surface area contributed by atoms with E-state index in [9.17, 15) is 0 Å². The van der Waals surface area contributed by atoms with Crippen molar-refractivity contribution in [2.24, 2.45) is 5.92 Å². The van der Waals surface area contributed by atoms with Crippen molar-refractivity contribution in [2.75, 3.05) is 5.88 Å². The van der Waals surface area contributed by atoms with Gasteiger partial charge in [0.15, 0.2) is 0 Å². The fraction of sp³-hybridized carbons (Fsp3) is 0.455. The quantitative estimate of drug-likeness (QED) is 0.583. The summed E-state index contributed by atoms with van der Waals surface area (Å²) in [7, 11) is 0. The molecule has 0 spiro atoms. The van der Waals surface area contributed by atoms with Crippen molar-refractivity contribution in [3.8, 4) is 0 Å². The molecule has 0 aliphatic heterocycles. The molecule has 1 aliphatic carbocycles. The molecule has 2 rings (SSSR count). The van der Waals surface area contributed by atoms with Crippen molar-refractivity contribution in [2.45, 2.75) is 19.3 Å². The number of alkyl halides is 1. The number of halogens is 1. The van der Waals surface area contributed by atoms with Crippen molar-refractivity contribution in [3.63, 3.8) is 0 Å². The molecule has 0 amide bonds. The van der Waals surface area contributed by atoms with E-state index in [2.05, 4.69) is 24.3 Å². The second-order valence-corrected chi connectivity index (χ2v) is 3.84. The SMILES string of the molecule is ClCC1CCc2ccccc2C1. The standard InChI is InChI=1S/C11H13Cl/c12-8-9-5-6-10-3-1-2-4-11(10)7-9/h1-4,9H,5-8H2. The predicted octanol–water partition coefficient (Wildman–Crippen LogP) is 3.03. The monoisotopic (exact) mass is 180 g/mol. The molecule has 1 atom stereocenters. The van der Waals surface area contributed by atoms with E-state index in [1.54, 1.807) is 0 Å². The van der Waals surface area contributed by atoms with Crippen LogP contribution in [0.4, 0.5) is 0 Å². The molecule has 0 radical (unpaired) electrons. The number of aryl methyl sites for hydroxylation is 1. The molecule has 64 valence electrons. The Balaban J connectivity index is 2.23. The van der Waals surface area contributed by atoms with Gasteiger partial charge in [0.1, 0.15) is 0 Å². The van der Waals surface area contributed by atoms with Gasteiger partial charge in [-0.2, -0.15) is 0 Å². The lowest BCUT2D eigenvalue weighted by Crippen LogP contribution is -2.14. The Bertz CT molecular complexity index is 267. The Morgan fingerprint density at radius 2 is 2.00 bits per heavy atom. The van der Waals surface area contributed by atoms with Crippen LogP contribution in [0, 0.1) is 5.92 Å². The van der Waals surface area contributed by atoms with Gasteiger partial charge in [-0.3, -0.25) is 0 Å². The highest BCUT2D eigenvalue weighted by Gasteiger charge is 2.16. The molecule has 1 aromatic carbocycles. The van der Waals surface area contributed by atoms with Gasteiger partial charge in [-0.25, -0.2) is 0 Å². The fourth-order valence-electron chi connectivity index (χ4n) is 1.90. The van der Waals surface area contributed by atoms with Gasteiger partial charge in [-0.1, -0.05) is 24.3 Å². The Morgan fingerprint density at radius 3 is 2.75 bits per heavy atom. The first-order chi connectivity index (χ1) is 5.90. The van der Waals surface area contributed by atoms with Gasteiger partial charge in [0.2, 0.25) is 0 Å². The van der Waals surface area contributed by atoms with Gasteiger partial charge in [0.25, 0.3) is 0 Å². The van der Waals surface area contributed by atoms with Crippen LogP contribution < -0.4 is 0 Å². The third-order valence-corrected chi connectivity index (χ3v) is 3.10. The van der Waals surface area contributed by atoms with E-state index < -0.39 is 0 Å². The van der Waals surface area contributed by atoms with E-state index in [4.69, 9.17) is 11.6 Å². The second kappa shape index (κ2) is 3.49. The molecule has 0 saturated carbocycles. The summed E-state index contributed by atoms with van der Waals surface area (Å²) in [6.07, 6.45) is 3.66. The lowest BCUT2D eigenvalue weighted by atomic mass is 9.85. The minimum Gasteiger partial charge on any atom is -0.126 e. The van der Waals surface area contributed by atoms with E-state index in [0.29, 0.717) is 5.92 Å². The lowest BCUT2D eigenvalue weighted by molar-refractivity contribution is 0.507. The molecular formula is C11H13Cl. The van der Waals surface area contributed by atoms with Crippen molar-refractivity contribution in [1.29, 1.82) is 0 Å². The largest absolute Gasteiger partial charge is 0.126 e. The van der Waals surface area contributed by atoms with E-state index in [1.165, 1.54) is 30.4 Å². The average Bonchev–Trinajstić information content (AvgIpc) is 2.17. The number of rotatable bonds is 1. The van der Waals surface area contributed by atoms with Crippen LogP contribution in [-0.2, 0) is 12.8 Å². The van der Waals surface area contributed by atoms with Crippen LogP contribution in [0.25, 0.3) is 0 Å². The predicted molar refractivity (Wildman–Crippen MR) is 52.7 cm³/mol. The number of benzene rings is 1. The van der Waals surface area contributed by atoms with E-state index in [1.807, 2.05) is 0 Å². The van der Waals surface area contributed by atoms with Gasteiger partial charge < -0.3 is 0 Å². The van der Waals surface area contributed by atoms with Crippen LogP contribution in [0.15, 0.2) is 24.3 Å². The van der Waals surface area contributed by atoms with Crippen LogP contribution >= 0.6 is 11.6 Å². The molecule has 0 nitrogen and oxygen atoms in total. The molecule has 1 heteroatoms. The molecule has 0 heterocycles. The van der Waals surface area contributed by atoms with Crippen LogP contribution in [0.3, 0.4) is 0 Å². The number of hydrogen-bond acceptors (Lipinski definition) is 0. The number of hydrogen-bond donors (Lipinski definition) is 0. The van der Waals surface area contributed by atoms with Gasteiger partial charge in [-0.05, 0) is 36.3 Å². The van der Waals surface area contributed by atoms with Gasteiger partial charge in [-0.15, -0.1) is 11.6 Å². The van der Waals surface area contributed by atoms with E-state index >= 15 is 0 Å². The molecule has 1 unspecified atom stereocenters. The topological polar surface area (TPSA) is 0 Å². The van der Waals surface area contributed by atoms with Crippen molar-refractivity contribution in [3.05, 3.63) is 35.4 Å². The number of fused-ring (bicyclic) bond motifs is 1. The van der Waals surface area contributed by atoms with Gasteiger partial charge >= 0.3 is 0 Å². The summed E-state index contributed by atoms with van der Waals surface area (Å²) in [5, 5.41) is 0. The molecule has 12 heavy (non-hydrogen) atoms. The summed E-state index contributed by atoms with van der Waals surface area (Å²) in [6.45, 7) is 0. The first kappa shape index (κ1) is 8.12. The minimum atomic E-state index is 0.710. The molecule has 0 fully saturated rings. The summed E-state index contributed by atoms with van der Waals surface area (Å²) in [6, 6.07) is 8.71. The molecule has 1 aliphatic rings. The average molecular weight is 181 g/mol. The Kier molecular flexibility index (Phi) is 2.36. The highest BCUT2D eigenvalue weighted by Crippen LogP contribution is 2.25. The molecule has 0 N–H and O–H groups in total. The third kappa shape index (κ3) is 1.49. The van der Waals surface area contributed by atoms with Crippen LogP contribution in [0.2, 0.25) is 0 Å². The van der Waals surface area contributed by atoms with Crippen LogP contribution in [0.5, 0.6) is 0 Å². The molecule has 1 aromatic rings. The summed E-state index contributed by atoms with van der Waals surface area (Å²) >= 11 is 5.85. The summed E-state index contributed by atoms with van der Waals surface area (Å²) in [4.78, 5) is 0. The molecular weight excluding hydrogens is 168 g/mol. The minimum absolute atomic E-state index is 0.710. The van der Waals surface area contributed by atoms with Crippen molar-refractivity contribution >= 4 is 11.6 Å². The Labute approximate surface area is 78.6 Å². The lowest BCUT2D eigenvalue weighted by Gasteiger charge is -2.22. The van der Waals surface area contributed by atoms with Crippen LogP contribution in [0.1, 0.15) is 17.5 Å². The molecule has 0 saturated heterocycles. The smallest absolute Gasteiger partial charge is 0.0255 e. The van der Waals surface area contributed by atoms with Gasteiger partial charge in [0.05, 0.1) is 0 Å². The molecule has 0 bridgehead atoms. The summed E-state index contributed by atoms with van der Waals surface area (Å²) in [5.41, 5.74) is 3.04.